The Morgan fingerprint density at radius 1 is 1.46 bits per heavy atom. The summed E-state index contributed by atoms with van der Waals surface area (Å²) < 4.78 is 5.38. The molecule has 70 valence electrons. The smallest absolute Gasteiger partial charge is 0.140 e. The van der Waals surface area contributed by atoms with Gasteiger partial charge in [-0.15, -0.1) is 0 Å². The molecule has 2 aliphatic rings. The van der Waals surface area contributed by atoms with Crippen LogP contribution in [0.4, 0.5) is 0 Å². The van der Waals surface area contributed by atoms with E-state index in [0.29, 0.717) is 0 Å². The summed E-state index contributed by atoms with van der Waals surface area (Å²) in [6.45, 7) is 1.97. The number of hydrogen-bond acceptors (Lipinski definition) is 3. The molecule has 1 N–H and O–H groups in total. The van der Waals surface area contributed by atoms with Crippen molar-refractivity contribution in [3.8, 4) is 0 Å². The van der Waals surface area contributed by atoms with Gasteiger partial charge < -0.3 is 9.84 Å². The number of fused-ring (bicyclic) bond motifs is 1. The normalized spacial score (nSPS) is 21.5. The van der Waals surface area contributed by atoms with E-state index in [9.17, 15) is 0 Å². The van der Waals surface area contributed by atoms with Crippen LogP contribution >= 0.6 is 0 Å². The van der Waals surface area contributed by atoms with Gasteiger partial charge in [0, 0.05) is 18.5 Å². The topological polar surface area (TPSA) is 38.1 Å². The molecule has 3 heteroatoms. The third-order valence-corrected chi connectivity index (χ3v) is 2.97. The Morgan fingerprint density at radius 2 is 2.38 bits per heavy atom. The fourth-order valence-corrected chi connectivity index (χ4v) is 1.97. The molecule has 1 aliphatic heterocycles. The summed E-state index contributed by atoms with van der Waals surface area (Å²) in [5, 5.41) is 7.40. The standard InChI is InChI=1S/C10H14N2O/c1-2-7(1)5-10-8-3-4-11-6-9(8)12-13-10/h7,11H,1-6H2. The fraction of sp³-hybridized carbons (Fsp3) is 0.700. The highest BCUT2D eigenvalue weighted by atomic mass is 16.5. The van der Waals surface area contributed by atoms with Crippen LogP contribution < -0.4 is 5.32 Å². The van der Waals surface area contributed by atoms with E-state index in [1.807, 2.05) is 0 Å². The van der Waals surface area contributed by atoms with Crippen LogP contribution in [0, 0.1) is 5.92 Å². The molecule has 1 aliphatic carbocycles. The van der Waals surface area contributed by atoms with E-state index >= 15 is 0 Å². The second-order valence-electron chi connectivity index (χ2n) is 4.11. The number of nitrogens with one attached hydrogen (secondary N) is 1. The van der Waals surface area contributed by atoms with Gasteiger partial charge >= 0.3 is 0 Å². The molecule has 0 aromatic carbocycles. The Hall–Kier alpha value is -0.830. The van der Waals surface area contributed by atoms with Crippen molar-refractivity contribution in [3.05, 3.63) is 17.0 Å². The van der Waals surface area contributed by atoms with Crippen LogP contribution in [0.3, 0.4) is 0 Å². The van der Waals surface area contributed by atoms with Gasteiger partial charge in [-0.25, -0.2) is 0 Å². The lowest BCUT2D eigenvalue weighted by atomic mass is 10.0. The molecule has 1 fully saturated rings. The van der Waals surface area contributed by atoms with Crippen LogP contribution in [0.1, 0.15) is 29.9 Å². The quantitative estimate of drug-likeness (QED) is 0.741. The van der Waals surface area contributed by atoms with Crippen molar-refractivity contribution >= 4 is 0 Å². The molecule has 2 heterocycles. The van der Waals surface area contributed by atoms with Crippen LogP contribution in [0.2, 0.25) is 0 Å². The van der Waals surface area contributed by atoms with Crippen molar-refractivity contribution in [2.45, 2.75) is 32.2 Å². The van der Waals surface area contributed by atoms with Crippen molar-refractivity contribution in [1.29, 1.82) is 0 Å². The molecule has 0 spiro atoms. The maximum absolute atomic E-state index is 5.38. The number of nitrogens with zero attached hydrogens (tertiary/aromatic N) is 1. The summed E-state index contributed by atoms with van der Waals surface area (Å²) >= 11 is 0. The van der Waals surface area contributed by atoms with Crippen molar-refractivity contribution in [3.63, 3.8) is 0 Å². The second kappa shape index (κ2) is 2.84. The molecule has 0 atom stereocenters. The summed E-state index contributed by atoms with van der Waals surface area (Å²) in [5.74, 6) is 2.06. The maximum atomic E-state index is 5.38. The molecular weight excluding hydrogens is 164 g/mol. The van der Waals surface area contributed by atoms with E-state index in [1.165, 1.54) is 24.2 Å². The SMILES string of the molecule is C1Cc2c(noc2CC2CC2)CN1. The first-order chi connectivity index (χ1) is 6.43. The summed E-state index contributed by atoms with van der Waals surface area (Å²) in [4.78, 5) is 0. The van der Waals surface area contributed by atoms with Crippen molar-refractivity contribution in [2.75, 3.05) is 6.54 Å². The van der Waals surface area contributed by atoms with Crippen molar-refractivity contribution < 1.29 is 4.52 Å². The van der Waals surface area contributed by atoms with Gasteiger partial charge in [0.15, 0.2) is 0 Å². The predicted octanol–water partition coefficient (Wildman–Crippen LogP) is 1.27. The highest BCUT2D eigenvalue weighted by Crippen LogP contribution is 2.34. The van der Waals surface area contributed by atoms with E-state index in [-0.39, 0.29) is 0 Å². The molecule has 0 amide bonds. The number of rotatable bonds is 2. The third-order valence-electron chi connectivity index (χ3n) is 2.97. The van der Waals surface area contributed by atoms with E-state index in [4.69, 9.17) is 4.52 Å². The number of aromatic nitrogens is 1. The zero-order chi connectivity index (χ0) is 8.67. The first-order valence-electron chi connectivity index (χ1n) is 5.10. The molecule has 1 aromatic heterocycles. The lowest BCUT2D eigenvalue weighted by Crippen LogP contribution is -2.23. The molecule has 0 saturated heterocycles. The van der Waals surface area contributed by atoms with Gasteiger partial charge in [0.05, 0.1) is 0 Å². The summed E-state index contributed by atoms with van der Waals surface area (Å²) in [6, 6.07) is 0. The van der Waals surface area contributed by atoms with E-state index in [0.717, 1.165) is 37.5 Å². The number of hydrogen-bond donors (Lipinski definition) is 1. The van der Waals surface area contributed by atoms with Gasteiger partial charge in [0.25, 0.3) is 0 Å². The lowest BCUT2D eigenvalue weighted by molar-refractivity contribution is 0.371. The average Bonchev–Trinajstić information content (AvgIpc) is 2.88. The highest BCUT2D eigenvalue weighted by molar-refractivity contribution is 5.26. The molecule has 1 saturated carbocycles. The first-order valence-corrected chi connectivity index (χ1v) is 5.10. The molecule has 0 radical (unpaired) electrons. The first kappa shape index (κ1) is 7.56. The molecule has 3 nitrogen and oxygen atoms in total. The van der Waals surface area contributed by atoms with Crippen LogP contribution in [-0.2, 0) is 19.4 Å². The molecule has 13 heavy (non-hydrogen) atoms. The maximum Gasteiger partial charge on any atom is 0.140 e. The average molecular weight is 178 g/mol. The zero-order valence-corrected chi connectivity index (χ0v) is 7.68. The van der Waals surface area contributed by atoms with Crippen LogP contribution in [0.5, 0.6) is 0 Å². The Kier molecular flexibility index (Phi) is 1.65. The predicted molar refractivity (Wildman–Crippen MR) is 48.3 cm³/mol. The Labute approximate surface area is 77.5 Å². The molecule has 1 aromatic rings. The highest BCUT2D eigenvalue weighted by Gasteiger charge is 2.27. The minimum Gasteiger partial charge on any atom is -0.361 e. The molecule has 0 bridgehead atoms. The van der Waals surface area contributed by atoms with Gasteiger partial charge in [-0.1, -0.05) is 5.16 Å². The van der Waals surface area contributed by atoms with Crippen LogP contribution in [0.25, 0.3) is 0 Å². The Bertz CT molecular complexity index is 315. The third kappa shape index (κ3) is 1.37. The van der Waals surface area contributed by atoms with Gasteiger partial charge in [-0.05, 0) is 31.7 Å². The van der Waals surface area contributed by atoms with Crippen molar-refractivity contribution in [1.82, 2.24) is 10.5 Å². The summed E-state index contributed by atoms with van der Waals surface area (Å²) in [6.07, 6.45) is 4.99. The van der Waals surface area contributed by atoms with Crippen LogP contribution in [0.15, 0.2) is 4.52 Å². The minimum atomic E-state index is 0.892. The van der Waals surface area contributed by atoms with E-state index in [1.54, 1.807) is 0 Å². The summed E-state index contributed by atoms with van der Waals surface area (Å²) in [5.41, 5.74) is 2.53. The molecular formula is C10H14N2O. The largest absolute Gasteiger partial charge is 0.361 e. The zero-order valence-electron chi connectivity index (χ0n) is 7.68. The molecule has 0 unspecified atom stereocenters. The fourth-order valence-electron chi connectivity index (χ4n) is 1.97. The van der Waals surface area contributed by atoms with Gasteiger partial charge in [-0.2, -0.15) is 0 Å². The van der Waals surface area contributed by atoms with Crippen LogP contribution in [-0.4, -0.2) is 11.7 Å². The van der Waals surface area contributed by atoms with Crippen molar-refractivity contribution in [2.24, 2.45) is 5.92 Å². The molecule has 3 rings (SSSR count). The Balaban J connectivity index is 1.86. The Morgan fingerprint density at radius 3 is 3.23 bits per heavy atom. The monoisotopic (exact) mass is 178 g/mol. The van der Waals surface area contributed by atoms with Gasteiger partial charge in [0.2, 0.25) is 0 Å². The van der Waals surface area contributed by atoms with E-state index in [2.05, 4.69) is 10.5 Å². The van der Waals surface area contributed by atoms with Gasteiger partial charge in [0.1, 0.15) is 11.5 Å². The van der Waals surface area contributed by atoms with E-state index < -0.39 is 0 Å². The second-order valence-corrected chi connectivity index (χ2v) is 4.11. The van der Waals surface area contributed by atoms with Gasteiger partial charge in [-0.3, -0.25) is 0 Å². The minimum absolute atomic E-state index is 0.892. The lowest BCUT2D eigenvalue weighted by Gasteiger charge is -2.10. The summed E-state index contributed by atoms with van der Waals surface area (Å²) in [7, 11) is 0.